The summed E-state index contributed by atoms with van der Waals surface area (Å²) in [4.78, 5) is 32.8. The van der Waals surface area contributed by atoms with E-state index in [-0.39, 0.29) is 24.3 Å². The minimum absolute atomic E-state index is 0.0117. The number of hydrogen-bond donors (Lipinski definition) is 1. The molecule has 35 heavy (non-hydrogen) atoms. The van der Waals surface area contributed by atoms with Crippen molar-refractivity contribution in [3.8, 4) is 11.5 Å². The maximum absolute atomic E-state index is 13.4. The number of aliphatic imine (C=N–C) groups is 1. The third kappa shape index (κ3) is 5.97. The van der Waals surface area contributed by atoms with Gasteiger partial charge < -0.3 is 19.5 Å². The Labute approximate surface area is 210 Å². The van der Waals surface area contributed by atoms with Crippen molar-refractivity contribution in [2.24, 2.45) is 4.99 Å². The molecule has 2 amide bonds. The molecule has 0 unspecified atom stereocenters. The Bertz CT molecular complexity index is 1130. The molecule has 8 nitrogen and oxygen atoms in total. The average Bonchev–Trinajstić information content (AvgIpc) is 3.45. The van der Waals surface area contributed by atoms with Gasteiger partial charge in [0.2, 0.25) is 11.8 Å². The van der Waals surface area contributed by atoms with Gasteiger partial charge in [-0.15, -0.1) is 0 Å². The van der Waals surface area contributed by atoms with Crippen LogP contribution in [0, 0.1) is 13.8 Å². The highest BCUT2D eigenvalue weighted by Crippen LogP contribution is 2.35. The molecule has 2 fully saturated rings. The van der Waals surface area contributed by atoms with E-state index in [1.165, 1.54) is 18.9 Å². The highest BCUT2D eigenvalue weighted by molar-refractivity contribution is 8.15. The maximum Gasteiger partial charge on any atom is 0.242 e. The van der Waals surface area contributed by atoms with Crippen LogP contribution in [0.15, 0.2) is 41.4 Å². The molecule has 4 rings (SSSR count). The minimum atomic E-state index is -0.572. The fourth-order valence-corrected chi connectivity index (χ4v) is 5.36. The Balaban J connectivity index is 1.53. The van der Waals surface area contributed by atoms with E-state index in [0.717, 1.165) is 29.7 Å². The zero-order chi connectivity index (χ0) is 24.9. The van der Waals surface area contributed by atoms with Crippen molar-refractivity contribution in [3.63, 3.8) is 0 Å². The van der Waals surface area contributed by atoms with E-state index in [0.29, 0.717) is 35.5 Å². The van der Waals surface area contributed by atoms with Gasteiger partial charge in [-0.3, -0.25) is 14.5 Å². The topological polar surface area (TPSA) is 89.5 Å². The number of benzene rings is 2. The number of anilines is 1. The van der Waals surface area contributed by atoms with Crippen LogP contribution in [0.1, 0.15) is 30.4 Å². The second-order valence-electron chi connectivity index (χ2n) is 8.69. The standard InChI is InChI=1S/C26H31N3O5S/c1-16-7-9-20(17(2)12-16)28-26-29(15-19-6-5-11-34-19)25(31)23(35-26)14-24(30)27-21-13-18(32-3)8-10-22(21)33-4/h7-10,12-13,19,23H,5-6,11,14-15H2,1-4H3,(H,27,30)/t19-,23+/m0/s1. The fraction of sp³-hybridized carbons (Fsp3) is 0.423. The summed E-state index contributed by atoms with van der Waals surface area (Å²) in [6.07, 6.45) is 1.89. The van der Waals surface area contributed by atoms with Crippen LogP contribution in [0.4, 0.5) is 11.4 Å². The molecule has 2 aromatic rings. The molecule has 0 radical (unpaired) electrons. The number of nitrogens with zero attached hydrogens (tertiary/aromatic N) is 2. The molecule has 2 aliphatic heterocycles. The summed E-state index contributed by atoms with van der Waals surface area (Å²) >= 11 is 1.33. The third-order valence-electron chi connectivity index (χ3n) is 6.05. The molecule has 2 heterocycles. The van der Waals surface area contributed by atoms with Gasteiger partial charge in [0.1, 0.15) is 16.7 Å². The number of rotatable bonds is 8. The molecule has 0 aromatic heterocycles. The lowest BCUT2D eigenvalue weighted by Gasteiger charge is -2.20. The number of methoxy groups -OCH3 is 2. The first-order valence-corrected chi connectivity index (χ1v) is 12.5. The number of amidine groups is 1. The Morgan fingerprint density at radius 2 is 2.03 bits per heavy atom. The van der Waals surface area contributed by atoms with E-state index in [4.69, 9.17) is 19.2 Å². The van der Waals surface area contributed by atoms with Crippen molar-refractivity contribution in [3.05, 3.63) is 47.5 Å². The van der Waals surface area contributed by atoms with Crippen LogP contribution in [0.3, 0.4) is 0 Å². The minimum Gasteiger partial charge on any atom is -0.497 e. The quantitative estimate of drug-likeness (QED) is 0.579. The molecule has 2 aromatic carbocycles. The van der Waals surface area contributed by atoms with Gasteiger partial charge in [0.25, 0.3) is 0 Å². The first-order valence-electron chi connectivity index (χ1n) is 11.7. The number of amides is 2. The summed E-state index contributed by atoms with van der Waals surface area (Å²) in [7, 11) is 3.09. The summed E-state index contributed by atoms with van der Waals surface area (Å²) in [5, 5.41) is 2.89. The first-order chi connectivity index (χ1) is 16.9. The predicted molar refractivity (Wildman–Crippen MR) is 138 cm³/mol. The van der Waals surface area contributed by atoms with Gasteiger partial charge in [-0.1, -0.05) is 29.5 Å². The van der Waals surface area contributed by atoms with Gasteiger partial charge in [0.05, 0.1) is 38.2 Å². The molecule has 2 atom stereocenters. The summed E-state index contributed by atoms with van der Waals surface area (Å²) in [5.74, 6) is 0.703. The van der Waals surface area contributed by atoms with Crippen molar-refractivity contribution >= 4 is 40.1 Å². The van der Waals surface area contributed by atoms with Crippen LogP contribution in [-0.2, 0) is 14.3 Å². The molecule has 9 heteroatoms. The number of carbonyl (C=O) groups is 2. The van der Waals surface area contributed by atoms with Crippen molar-refractivity contribution in [1.82, 2.24) is 4.90 Å². The number of aryl methyl sites for hydroxylation is 2. The van der Waals surface area contributed by atoms with Crippen molar-refractivity contribution in [2.45, 2.75) is 44.5 Å². The second-order valence-corrected chi connectivity index (χ2v) is 9.86. The molecule has 1 N–H and O–H groups in total. The van der Waals surface area contributed by atoms with Crippen molar-refractivity contribution in [2.75, 3.05) is 32.7 Å². The average molecular weight is 498 g/mol. The SMILES string of the molecule is COc1ccc(OC)c(NC(=O)C[C@H]2SC(=Nc3ccc(C)cc3C)N(C[C@@H]3CCCO3)C2=O)c1. The molecular weight excluding hydrogens is 466 g/mol. The van der Waals surface area contributed by atoms with E-state index in [9.17, 15) is 9.59 Å². The Morgan fingerprint density at radius 1 is 1.20 bits per heavy atom. The van der Waals surface area contributed by atoms with Crippen molar-refractivity contribution < 1.29 is 23.8 Å². The summed E-state index contributed by atoms with van der Waals surface area (Å²) < 4.78 is 16.4. The monoisotopic (exact) mass is 497 g/mol. The molecule has 0 aliphatic carbocycles. The number of thioether (sulfide) groups is 1. The maximum atomic E-state index is 13.4. The lowest BCUT2D eigenvalue weighted by molar-refractivity contribution is -0.129. The highest BCUT2D eigenvalue weighted by Gasteiger charge is 2.40. The van der Waals surface area contributed by atoms with E-state index in [1.807, 2.05) is 26.0 Å². The summed E-state index contributed by atoms with van der Waals surface area (Å²) in [5.41, 5.74) is 3.50. The third-order valence-corrected chi connectivity index (χ3v) is 7.23. The van der Waals surface area contributed by atoms with E-state index >= 15 is 0 Å². The van der Waals surface area contributed by atoms with E-state index < -0.39 is 5.25 Å². The lowest BCUT2D eigenvalue weighted by atomic mass is 10.1. The van der Waals surface area contributed by atoms with Crippen LogP contribution in [0.25, 0.3) is 0 Å². The van der Waals surface area contributed by atoms with Crippen LogP contribution in [0.2, 0.25) is 0 Å². The van der Waals surface area contributed by atoms with Crippen molar-refractivity contribution in [1.29, 1.82) is 0 Å². The number of nitrogens with one attached hydrogen (secondary N) is 1. The number of ether oxygens (including phenoxy) is 3. The summed E-state index contributed by atoms with van der Waals surface area (Å²) in [6.45, 7) is 5.19. The molecule has 0 spiro atoms. The summed E-state index contributed by atoms with van der Waals surface area (Å²) in [6, 6.07) is 11.2. The van der Waals surface area contributed by atoms with Gasteiger partial charge in [0, 0.05) is 19.1 Å². The van der Waals surface area contributed by atoms with Gasteiger partial charge in [0.15, 0.2) is 5.17 Å². The van der Waals surface area contributed by atoms with Gasteiger partial charge >= 0.3 is 0 Å². The van der Waals surface area contributed by atoms with E-state index in [1.54, 1.807) is 30.2 Å². The highest BCUT2D eigenvalue weighted by atomic mass is 32.2. The lowest BCUT2D eigenvalue weighted by Crippen LogP contribution is -2.38. The Kier molecular flexibility index (Phi) is 7.97. The molecule has 186 valence electrons. The van der Waals surface area contributed by atoms with Gasteiger partial charge in [-0.2, -0.15) is 0 Å². The molecular formula is C26H31N3O5S. The second kappa shape index (κ2) is 11.1. The smallest absolute Gasteiger partial charge is 0.242 e. The zero-order valence-corrected chi connectivity index (χ0v) is 21.3. The number of carbonyl (C=O) groups excluding carboxylic acids is 2. The van der Waals surface area contributed by atoms with Crippen LogP contribution in [0.5, 0.6) is 11.5 Å². The van der Waals surface area contributed by atoms with Crippen LogP contribution >= 0.6 is 11.8 Å². The number of hydrogen-bond acceptors (Lipinski definition) is 7. The van der Waals surface area contributed by atoms with E-state index in [2.05, 4.69) is 11.4 Å². The van der Waals surface area contributed by atoms with Gasteiger partial charge in [-0.25, -0.2) is 4.99 Å². The van der Waals surface area contributed by atoms with Gasteiger partial charge in [-0.05, 0) is 50.5 Å². The largest absolute Gasteiger partial charge is 0.497 e. The zero-order valence-electron chi connectivity index (χ0n) is 20.5. The molecule has 2 aliphatic rings. The fourth-order valence-electron chi connectivity index (χ4n) is 4.20. The Hall–Kier alpha value is -3.04. The Morgan fingerprint density at radius 3 is 2.71 bits per heavy atom. The molecule has 0 saturated carbocycles. The molecule has 0 bridgehead atoms. The van der Waals surface area contributed by atoms with Crippen LogP contribution < -0.4 is 14.8 Å². The first kappa shape index (κ1) is 25.1. The molecule has 2 saturated heterocycles. The predicted octanol–water partition coefficient (Wildman–Crippen LogP) is 4.46. The normalized spacial score (nSPS) is 21.0. The van der Waals surface area contributed by atoms with Crippen LogP contribution in [-0.4, -0.2) is 60.6 Å².